The number of nitrogens with one attached hydrogen (secondary N) is 1. The first-order valence-corrected chi connectivity index (χ1v) is 7.75. The molecule has 3 rings (SSSR count). The molecular weight excluding hydrogens is 355 g/mol. The Morgan fingerprint density at radius 1 is 1.00 bits per heavy atom. The Morgan fingerprint density at radius 2 is 1.72 bits per heavy atom. The second-order valence-corrected chi connectivity index (χ2v) is 5.71. The number of hydrogen-bond acceptors (Lipinski definition) is 4. The van der Waals surface area contributed by atoms with Gasteiger partial charge in [0.1, 0.15) is 0 Å². The molecule has 0 bridgehead atoms. The summed E-state index contributed by atoms with van der Waals surface area (Å²) in [5.74, 6) is 0.692. The number of aromatic nitrogens is 2. The summed E-state index contributed by atoms with van der Waals surface area (Å²) in [7, 11) is 0. The van der Waals surface area contributed by atoms with Gasteiger partial charge in [0.25, 0.3) is 0 Å². The van der Waals surface area contributed by atoms with Crippen molar-refractivity contribution < 1.29 is 17.6 Å². The van der Waals surface area contributed by atoms with E-state index in [1.807, 2.05) is 30.3 Å². The molecule has 4 nitrogen and oxygen atoms in total. The monoisotopic (exact) mass is 367 g/mol. The van der Waals surface area contributed by atoms with E-state index in [1.54, 1.807) is 0 Å². The minimum absolute atomic E-state index is 0.0722. The number of nitrogens with zero attached hydrogens (tertiary/aromatic N) is 2. The van der Waals surface area contributed by atoms with E-state index < -0.39 is 11.7 Å². The molecule has 2 aromatic carbocycles. The molecule has 0 saturated carbocycles. The zero-order valence-corrected chi connectivity index (χ0v) is 13.6. The first kappa shape index (κ1) is 17.3. The second-order valence-electron chi connectivity index (χ2n) is 5.30. The van der Waals surface area contributed by atoms with Crippen LogP contribution in [0.5, 0.6) is 0 Å². The maximum atomic E-state index is 12.8. The molecule has 1 N–H and O–H groups in total. The summed E-state index contributed by atoms with van der Waals surface area (Å²) in [6.45, 7) is 0.0722. The van der Waals surface area contributed by atoms with Gasteiger partial charge in [-0.15, -0.1) is 10.2 Å². The molecule has 0 aliphatic carbocycles. The quantitative estimate of drug-likeness (QED) is 0.693. The van der Waals surface area contributed by atoms with Gasteiger partial charge in [0.15, 0.2) is 0 Å². The second kappa shape index (κ2) is 7.14. The summed E-state index contributed by atoms with van der Waals surface area (Å²) >= 11 is 5.93. The molecule has 0 aliphatic heterocycles. The lowest BCUT2D eigenvalue weighted by Gasteiger charge is -2.11. The molecule has 0 saturated heterocycles. The maximum Gasteiger partial charge on any atom is 0.416 e. The van der Waals surface area contributed by atoms with E-state index in [2.05, 4.69) is 15.5 Å². The van der Waals surface area contributed by atoms with E-state index in [9.17, 15) is 13.2 Å². The fourth-order valence-corrected chi connectivity index (χ4v) is 2.39. The largest absolute Gasteiger partial charge is 0.423 e. The zero-order valence-electron chi connectivity index (χ0n) is 12.8. The number of hydrogen-bond donors (Lipinski definition) is 1. The van der Waals surface area contributed by atoms with Crippen LogP contribution in [-0.4, -0.2) is 10.2 Å². The first-order valence-electron chi connectivity index (χ1n) is 7.37. The van der Waals surface area contributed by atoms with E-state index >= 15 is 0 Å². The van der Waals surface area contributed by atoms with E-state index in [4.69, 9.17) is 16.0 Å². The van der Waals surface area contributed by atoms with Gasteiger partial charge in [0.2, 0.25) is 11.8 Å². The zero-order chi connectivity index (χ0) is 17.9. The molecule has 25 heavy (non-hydrogen) atoms. The van der Waals surface area contributed by atoms with Crippen molar-refractivity contribution >= 4 is 17.3 Å². The molecule has 8 heteroatoms. The van der Waals surface area contributed by atoms with E-state index in [0.717, 1.165) is 17.7 Å². The summed E-state index contributed by atoms with van der Waals surface area (Å²) in [6, 6.07) is 12.7. The molecule has 0 spiro atoms. The summed E-state index contributed by atoms with van der Waals surface area (Å²) in [4.78, 5) is 0. The van der Waals surface area contributed by atoms with Crippen molar-refractivity contribution in [2.24, 2.45) is 0 Å². The number of benzene rings is 2. The Hall–Kier alpha value is -2.54. The normalized spacial score (nSPS) is 11.5. The topological polar surface area (TPSA) is 51.0 Å². The lowest BCUT2D eigenvalue weighted by Crippen LogP contribution is -2.07. The van der Waals surface area contributed by atoms with E-state index in [0.29, 0.717) is 12.3 Å². The molecule has 0 unspecified atom stereocenters. The minimum Gasteiger partial charge on any atom is -0.423 e. The van der Waals surface area contributed by atoms with Gasteiger partial charge in [-0.2, -0.15) is 13.2 Å². The third-order valence-electron chi connectivity index (χ3n) is 3.43. The molecule has 130 valence electrons. The van der Waals surface area contributed by atoms with E-state index in [1.165, 1.54) is 6.07 Å². The third-order valence-corrected chi connectivity index (χ3v) is 3.76. The average Bonchev–Trinajstić information content (AvgIpc) is 3.01. The van der Waals surface area contributed by atoms with Crippen molar-refractivity contribution in [2.75, 3.05) is 5.32 Å². The van der Waals surface area contributed by atoms with Gasteiger partial charge < -0.3 is 9.73 Å². The van der Waals surface area contributed by atoms with Gasteiger partial charge in [-0.25, -0.2) is 0 Å². The average molecular weight is 368 g/mol. The highest BCUT2D eigenvalue weighted by atomic mass is 35.5. The van der Waals surface area contributed by atoms with Crippen LogP contribution < -0.4 is 5.32 Å². The summed E-state index contributed by atoms with van der Waals surface area (Å²) in [5.41, 5.74) is 0.389. The van der Waals surface area contributed by atoms with Crippen LogP contribution in [0.25, 0.3) is 0 Å². The number of rotatable bonds is 5. The van der Waals surface area contributed by atoms with Crippen molar-refractivity contribution in [2.45, 2.75) is 19.1 Å². The number of halogens is 4. The lowest BCUT2D eigenvalue weighted by atomic mass is 10.2. The highest BCUT2D eigenvalue weighted by molar-refractivity contribution is 6.33. The Balaban J connectivity index is 1.66. The van der Waals surface area contributed by atoms with Gasteiger partial charge in [-0.1, -0.05) is 41.9 Å². The molecule has 0 aliphatic rings. The molecule has 0 fully saturated rings. The SMILES string of the molecule is FC(F)(F)c1ccc(Cl)c(NCc2nnc(Cc3ccccc3)o2)c1. The molecule has 0 amide bonds. The fraction of sp³-hybridized carbons (Fsp3) is 0.176. The number of anilines is 1. The first-order chi connectivity index (χ1) is 11.9. The lowest BCUT2D eigenvalue weighted by molar-refractivity contribution is -0.137. The standard InChI is InChI=1S/C17H13ClF3N3O/c18-13-7-6-12(17(19,20)21)9-14(13)22-10-16-24-23-15(25-16)8-11-4-2-1-3-5-11/h1-7,9,22H,8,10H2. The maximum absolute atomic E-state index is 12.8. The highest BCUT2D eigenvalue weighted by Crippen LogP contribution is 2.33. The van der Waals surface area contributed by atoms with Crippen LogP contribution in [0.4, 0.5) is 18.9 Å². The highest BCUT2D eigenvalue weighted by Gasteiger charge is 2.30. The van der Waals surface area contributed by atoms with Crippen molar-refractivity contribution in [3.63, 3.8) is 0 Å². The van der Waals surface area contributed by atoms with Crippen LogP contribution in [-0.2, 0) is 19.1 Å². The van der Waals surface area contributed by atoms with Gasteiger partial charge in [0, 0.05) is 0 Å². The summed E-state index contributed by atoms with van der Waals surface area (Å²) < 4.78 is 43.8. The molecule has 1 aromatic heterocycles. The van der Waals surface area contributed by atoms with E-state index in [-0.39, 0.29) is 23.1 Å². The van der Waals surface area contributed by atoms with Crippen molar-refractivity contribution in [3.05, 3.63) is 76.5 Å². The fourth-order valence-electron chi connectivity index (χ4n) is 2.21. The Bertz CT molecular complexity index is 850. The molecule has 0 radical (unpaired) electrons. The molecule has 1 heterocycles. The summed E-state index contributed by atoms with van der Waals surface area (Å²) in [5, 5.41) is 10.8. The van der Waals surface area contributed by atoms with Crippen LogP contribution in [0.15, 0.2) is 52.9 Å². The predicted molar refractivity (Wildman–Crippen MR) is 87.3 cm³/mol. The van der Waals surface area contributed by atoms with Crippen LogP contribution >= 0.6 is 11.6 Å². The smallest absolute Gasteiger partial charge is 0.416 e. The van der Waals surface area contributed by atoms with Gasteiger partial charge >= 0.3 is 6.18 Å². The third kappa shape index (κ3) is 4.51. The van der Waals surface area contributed by atoms with Crippen LogP contribution in [0.3, 0.4) is 0 Å². The van der Waals surface area contributed by atoms with Crippen LogP contribution in [0, 0.1) is 0 Å². The van der Waals surface area contributed by atoms with Crippen LogP contribution in [0.1, 0.15) is 22.9 Å². The van der Waals surface area contributed by atoms with Crippen LogP contribution in [0.2, 0.25) is 5.02 Å². The summed E-state index contributed by atoms with van der Waals surface area (Å²) in [6.07, 6.45) is -3.95. The molecule has 0 atom stereocenters. The Labute approximate surface area is 146 Å². The van der Waals surface area contributed by atoms with Gasteiger partial charge in [-0.3, -0.25) is 0 Å². The van der Waals surface area contributed by atoms with Crippen molar-refractivity contribution in [3.8, 4) is 0 Å². The predicted octanol–water partition coefficient (Wildman–Crippen LogP) is 4.94. The number of alkyl halides is 3. The Kier molecular flexibility index (Phi) is 4.94. The van der Waals surface area contributed by atoms with Gasteiger partial charge in [0.05, 0.1) is 29.2 Å². The molecular formula is C17H13ClF3N3O. The Morgan fingerprint density at radius 3 is 2.44 bits per heavy atom. The van der Waals surface area contributed by atoms with Crippen molar-refractivity contribution in [1.82, 2.24) is 10.2 Å². The van der Waals surface area contributed by atoms with Crippen molar-refractivity contribution in [1.29, 1.82) is 0 Å². The minimum atomic E-state index is -4.44. The molecule has 3 aromatic rings. The van der Waals surface area contributed by atoms with Gasteiger partial charge in [-0.05, 0) is 23.8 Å².